The van der Waals surface area contributed by atoms with Gasteiger partial charge in [-0.25, -0.2) is 9.78 Å². The van der Waals surface area contributed by atoms with E-state index in [2.05, 4.69) is 24.1 Å². The van der Waals surface area contributed by atoms with E-state index in [-0.39, 0.29) is 6.03 Å². The smallest absolute Gasteiger partial charge is 0.317 e. The van der Waals surface area contributed by atoms with Gasteiger partial charge in [-0.15, -0.1) is 11.3 Å². The molecule has 0 radical (unpaired) electrons. The van der Waals surface area contributed by atoms with Gasteiger partial charge in [0.05, 0.1) is 16.8 Å². The molecule has 6 heteroatoms. The Morgan fingerprint density at radius 1 is 1.53 bits per heavy atom. The molecule has 1 unspecified atom stereocenters. The van der Waals surface area contributed by atoms with Crippen molar-refractivity contribution in [2.24, 2.45) is 0 Å². The minimum absolute atomic E-state index is 0.166. The maximum atomic E-state index is 11.7. The molecule has 2 N–H and O–H groups in total. The summed E-state index contributed by atoms with van der Waals surface area (Å²) < 4.78 is 0. The van der Waals surface area contributed by atoms with Gasteiger partial charge < -0.3 is 15.3 Å². The lowest BCUT2D eigenvalue weighted by Gasteiger charge is -2.19. The molecule has 0 aliphatic carbocycles. The van der Waals surface area contributed by atoms with Crippen LogP contribution in [0.5, 0.6) is 0 Å². The molecule has 0 saturated carbocycles. The Balaban J connectivity index is 2.31. The van der Waals surface area contributed by atoms with Crippen molar-refractivity contribution in [2.75, 3.05) is 20.1 Å². The van der Waals surface area contributed by atoms with Crippen molar-refractivity contribution in [3.63, 3.8) is 0 Å². The molecule has 1 atom stereocenters. The molecule has 0 fully saturated rings. The number of aromatic nitrogens is 1. The van der Waals surface area contributed by atoms with E-state index in [1.54, 1.807) is 25.3 Å². The van der Waals surface area contributed by atoms with E-state index in [9.17, 15) is 9.90 Å². The average molecular weight is 285 g/mol. The second-order valence-electron chi connectivity index (χ2n) is 5.04. The van der Waals surface area contributed by atoms with Gasteiger partial charge >= 0.3 is 6.03 Å². The summed E-state index contributed by atoms with van der Waals surface area (Å²) in [6.07, 6.45) is 0.222. The number of carbonyl (C=O) groups excluding carboxylic acids is 1. The number of rotatable bonds is 6. The summed E-state index contributed by atoms with van der Waals surface area (Å²) in [6.45, 7) is 6.79. The molecule has 1 aromatic rings. The standard InChI is InChI=1S/C13H23N3O2S/c1-9(2)12-15-11(8-19-12)5-6-14-13(18)16(4)7-10(3)17/h8-10,17H,5-7H2,1-4H3,(H,14,18). The number of urea groups is 1. The molecule has 19 heavy (non-hydrogen) atoms. The first-order valence-electron chi connectivity index (χ1n) is 6.51. The van der Waals surface area contributed by atoms with E-state index in [0.29, 0.717) is 19.0 Å². The van der Waals surface area contributed by atoms with E-state index >= 15 is 0 Å². The van der Waals surface area contributed by atoms with Gasteiger partial charge in [-0.2, -0.15) is 0 Å². The number of hydrogen-bond acceptors (Lipinski definition) is 4. The first kappa shape index (κ1) is 15.9. The Hall–Kier alpha value is -1.14. The van der Waals surface area contributed by atoms with Crippen LogP contribution in [0.15, 0.2) is 5.38 Å². The van der Waals surface area contributed by atoms with Crippen molar-refractivity contribution in [3.8, 4) is 0 Å². The molecule has 1 aromatic heterocycles. The summed E-state index contributed by atoms with van der Waals surface area (Å²) in [6, 6.07) is -0.166. The van der Waals surface area contributed by atoms with Crippen LogP contribution < -0.4 is 5.32 Å². The molecule has 108 valence electrons. The van der Waals surface area contributed by atoms with E-state index in [4.69, 9.17) is 0 Å². The summed E-state index contributed by atoms with van der Waals surface area (Å²) in [4.78, 5) is 17.7. The van der Waals surface area contributed by atoms with Crippen molar-refractivity contribution in [3.05, 3.63) is 16.1 Å². The highest BCUT2D eigenvalue weighted by molar-refractivity contribution is 7.09. The minimum Gasteiger partial charge on any atom is -0.392 e. The number of amides is 2. The number of likely N-dealkylation sites (N-methyl/N-ethyl adjacent to an activating group) is 1. The summed E-state index contributed by atoms with van der Waals surface area (Å²) >= 11 is 1.66. The van der Waals surface area contributed by atoms with Crippen molar-refractivity contribution >= 4 is 17.4 Å². The van der Waals surface area contributed by atoms with Crippen LogP contribution in [-0.4, -0.2) is 47.3 Å². The van der Waals surface area contributed by atoms with E-state index < -0.39 is 6.10 Å². The van der Waals surface area contributed by atoms with Crippen LogP contribution in [0.1, 0.15) is 37.4 Å². The molecule has 0 spiro atoms. The monoisotopic (exact) mass is 285 g/mol. The lowest BCUT2D eigenvalue weighted by atomic mass is 10.2. The molecular formula is C13H23N3O2S. The Morgan fingerprint density at radius 2 is 2.21 bits per heavy atom. The highest BCUT2D eigenvalue weighted by Crippen LogP contribution is 2.19. The fraction of sp³-hybridized carbons (Fsp3) is 0.692. The summed E-state index contributed by atoms with van der Waals surface area (Å²) in [5.41, 5.74) is 1.02. The third-order valence-electron chi connectivity index (χ3n) is 2.61. The maximum Gasteiger partial charge on any atom is 0.317 e. The Kier molecular flexibility index (Phi) is 6.24. The van der Waals surface area contributed by atoms with Crippen molar-refractivity contribution in [1.29, 1.82) is 0 Å². The summed E-state index contributed by atoms with van der Waals surface area (Å²) in [7, 11) is 1.67. The number of nitrogens with one attached hydrogen (secondary N) is 1. The van der Waals surface area contributed by atoms with Gasteiger partial charge in [0.2, 0.25) is 0 Å². The number of aliphatic hydroxyl groups is 1. The molecule has 0 bridgehead atoms. The van der Waals surface area contributed by atoms with Gasteiger partial charge in [-0.05, 0) is 6.92 Å². The topological polar surface area (TPSA) is 65.5 Å². The van der Waals surface area contributed by atoms with Crippen LogP contribution >= 0.6 is 11.3 Å². The first-order valence-corrected chi connectivity index (χ1v) is 7.39. The van der Waals surface area contributed by atoms with Crippen LogP contribution in [0.4, 0.5) is 4.79 Å². The zero-order valence-corrected chi connectivity index (χ0v) is 12.8. The third kappa shape index (κ3) is 5.57. The second kappa shape index (κ2) is 7.45. The van der Waals surface area contributed by atoms with Gasteiger partial charge in [0, 0.05) is 37.9 Å². The Bertz CT molecular complexity index is 404. The number of carbonyl (C=O) groups is 1. The van der Waals surface area contributed by atoms with E-state index in [1.165, 1.54) is 4.90 Å². The molecule has 0 saturated heterocycles. The maximum absolute atomic E-state index is 11.7. The molecule has 1 heterocycles. The lowest BCUT2D eigenvalue weighted by Crippen LogP contribution is -2.41. The Morgan fingerprint density at radius 3 is 2.74 bits per heavy atom. The molecule has 2 amide bonds. The summed E-state index contributed by atoms with van der Waals surface area (Å²) in [5, 5.41) is 15.2. The highest BCUT2D eigenvalue weighted by Gasteiger charge is 2.10. The molecule has 1 rings (SSSR count). The zero-order chi connectivity index (χ0) is 14.4. The van der Waals surface area contributed by atoms with E-state index in [1.807, 2.05) is 5.38 Å². The average Bonchev–Trinajstić information content (AvgIpc) is 2.76. The Labute approximate surface area is 118 Å². The first-order chi connectivity index (χ1) is 8.90. The van der Waals surface area contributed by atoms with Crippen molar-refractivity contribution in [1.82, 2.24) is 15.2 Å². The van der Waals surface area contributed by atoms with Gasteiger partial charge in [-0.1, -0.05) is 13.8 Å². The lowest BCUT2D eigenvalue weighted by molar-refractivity contribution is 0.144. The molecular weight excluding hydrogens is 262 g/mol. The number of hydrogen-bond donors (Lipinski definition) is 2. The predicted molar refractivity (Wildman–Crippen MR) is 77.6 cm³/mol. The fourth-order valence-electron chi connectivity index (χ4n) is 1.61. The molecule has 0 aromatic carbocycles. The molecule has 0 aliphatic rings. The molecule has 0 aliphatic heterocycles. The number of nitrogens with zero attached hydrogens (tertiary/aromatic N) is 2. The number of thiazole rings is 1. The van der Waals surface area contributed by atoms with Gasteiger partial charge in [0.25, 0.3) is 0 Å². The van der Waals surface area contributed by atoms with Crippen LogP contribution in [0.25, 0.3) is 0 Å². The van der Waals surface area contributed by atoms with Gasteiger partial charge in [0.1, 0.15) is 0 Å². The van der Waals surface area contributed by atoms with Gasteiger partial charge in [0.15, 0.2) is 0 Å². The fourth-order valence-corrected chi connectivity index (χ4v) is 2.48. The number of aliphatic hydroxyl groups excluding tert-OH is 1. The molecule has 5 nitrogen and oxygen atoms in total. The van der Waals surface area contributed by atoms with Gasteiger partial charge in [-0.3, -0.25) is 0 Å². The minimum atomic E-state index is -0.511. The van der Waals surface area contributed by atoms with Crippen LogP contribution in [0.2, 0.25) is 0 Å². The summed E-state index contributed by atoms with van der Waals surface area (Å²) in [5.74, 6) is 0.450. The highest BCUT2D eigenvalue weighted by atomic mass is 32.1. The van der Waals surface area contributed by atoms with Crippen LogP contribution in [0, 0.1) is 0 Å². The van der Waals surface area contributed by atoms with Crippen molar-refractivity contribution < 1.29 is 9.90 Å². The van der Waals surface area contributed by atoms with Crippen molar-refractivity contribution in [2.45, 2.75) is 39.2 Å². The third-order valence-corrected chi connectivity index (χ3v) is 3.80. The second-order valence-corrected chi connectivity index (χ2v) is 5.93. The SMILES string of the molecule is CC(O)CN(C)C(=O)NCCc1csc(C(C)C)n1. The quantitative estimate of drug-likeness (QED) is 0.838. The van der Waals surface area contributed by atoms with Crippen LogP contribution in [-0.2, 0) is 6.42 Å². The normalized spacial score (nSPS) is 12.5. The zero-order valence-electron chi connectivity index (χ0n) is 12.0. The van der Waals surface area contributed by atoms with E-state index in [0.717, 1.165) is 17.1 Å². The van der Waals surface area contributed by atoms with Crippen LogP contribution in [0.3, 0.4) is 0 Å². The predicted octanol–water partition coefficient (Wildman–Crippen LogP) is 1.83. The largest absolute Gasteiger partial charge is 0.392 e.